The van der Waals surface area contributed by atoms with Gasteiger partial charge in [0, 0.05) is 18.6 Å². The number of benzene rings is 1. The van der Waals surface area contributed by atoms with Gasteiger partial charge in [-0.05, 0) is 108 Å². The molecule has 17 nitrogen and oxygen atoms in total. The van der Waals surface area contributed by atoms with Gasteiger partial charge in [-0.25, -0.2) is 33.9 Å². The van der Waals surface area contributed by atoms with Crippen molar-refractivity contribution in [2.24, 2.45) is 10.9 Å². The van der Waals surface area contributed by atoms with Gasteiger partial charge in [-0.2, -0.15) is 5.01 Å². The number of carbonyl (C=O) groups is 7. The lowest BCUT2D eigenvalue weighted by Gasteiger charge is -2.45. The van der Waals surface area contributed by atoms with Crippen molar-refractivity contribution in [3.8, 4) is 0 Å². The zero-order valence-corrected chi connectivity index (χ0v) is 33.9. The third kappa shape index (κ3) is 12.4. The first-order chi connectivity index (χ1) is 24.4. The fourth-order valence-corrected chi connectivity index (χ4v) is 5.22. The van der Waals surface area contributed by atoms with E-state index in [4.69, 9.17) is 14.2 Å². The van der Waals surface area contributed by atoms with Crippen molar-refractivity contribution in [3.63, 3.8) is 0 Å². The average molecular weight is 761 g/mol. The molecule has 1 aromatic rings. The first-order valence-electron chi connectivity index (χ1n) is 17.6. The maximum absolute atomic E-state index is 14.6. The Labute approximate surface area is 316 Å². The zero-order valence-electron chi connectivity index (χ0n) is 33.9. The normalized spacial score (nSPS) is 14.3. The fraction of sp³-hybridized carbons (Fsp3) is 0.622. The van der Waals surface area contributed by atoms with Crippen LogP contribution in [-0.4, -0.2) is 114 Å². The van der Waals surface area contributed by atoms with Crippen molar-refractivity contribution in [1.82, 2.24) is 25.1 Å². The number of imide groups is 1. The molecule has 1 aliphatic rings. The topological polar surface area (TPSA) is 205 Å². The molecule has 17 heteroatoms. The summed E-state index contributed by atoms with van der Waals surface area (Å²) in [7, 11) is 0. The van der Waals surface area contributed by atoms with E-state index in [0.29, 0.717) is 5.01 Å². The molecule has 2 rings (SSSR count). The molecule has 1 unspecified atom stereocenters. The number of nitrogens with zero attached hydrogens (tertiary/aromatic N) is 5. The highest BCUT2D eigenvalue weighted by Gasteiger charge is 2.47. The van der Waals surface area contributed by atoms with Crippen LogP contribution in [0.5, 0.6) is 0 Å². The molecule has 300 valence electrons. The van der Waals surface area contributed by atoms with Gasteiger partial charge >= 0.3 is 30.3 Å². The average Bonchev–Trinajstić information content (AvgIpc) is 3.20. The summed E-state index contributed by atoms with van der Waals surface area (Å²) >= 11 is 0. The molecular weight excluding hydrogens is 704 g/mol. The Balaban J connectivity index is 2.72. The third-order valence-corrected chi connectivity index (χ3v) is 7.15. The van der Waals surface area contributed by atoms with E-state index in [0.717, 1.165) is 14.8 Å². The molecule has 0 fully saturated rings. The minimum atomic E-state index is -1.38. The second-order valence-electron chi connectivity index (χ2n) is 17.0. The molecule has 1 heterocycles. The van der Waals surface area contributed by atoms with Crippen LogP contribution in [0.1, 0.15) is 124 Å². The first-order valence-corrected chi connectivity index (χ1v) is 17.6. The standard InChI is InChI=1S/C37H56N6O11/c1-22(2)25(28(46)47)42(34(3,4)5)32(50)41(43-26(44)23-18-15-16-19-24(23)27(43)45)21-17-20-40(33(51)54-37(12,13)14)29(38-30(48)52-35(6,7)8)39-31(49)53-36(9,10)11/h15-16,18-19,22,25H,17,20-21H2,1-14H3,(H,46,47)(H,38,39,48,49). The van der Waals surface area contributed by atoms with Crippen LogP contribution in [0.2, 0.25) is 0 Å². The quantitative estimate of drug-likeness (QED) is 0.131. The zero-order chi connectivity index (χ0) is 41.7. The Morgan fingerprint density at radius 3 is 1.67 bits per heavy atom. The number of nitrogens with one attached hydrogen (secondary N) is 1. The van der Waals surface area contributed by atoms with Crippen LogP contribution in [0.25, 0.3) is 0 Å². The summed E-state index contributed by atoms with van der Waals surface area (Å²) in [6.45, 7) is 21.6. The minimum absolute atomic E-state index is 0.0324. The monoisotopic (exact) mass is 760 g/mol. The van der Waals surface area contributed by atoms with Gasteiger partial charge in [0.2, 0.25) is 5.96 Å². The highest BCUT2D eigenvalue weighted by atomic mass is 16.6. The Hall–Kier alpha value is -5.22. The lowest BCUT2D eigenvalue weighted by molar-refractivity contribution is -0.146. The van der Waals surface area contributed by atoms with Crippen LogP contribution in [0, 0.1) is 5.92 Å². The van der Waals surface area contributed by atoms with Crippen molar-refractivity contribution >= 4 is 48.1 Å². The largest absolute Gasteiger partial charge is 0.480 e. The van der Waals surface area contributed by atoms with E-state index in [-0.39, 0.29) is 17.5 Å². The summed E-state index contributed by atoms with van der Waals surface area (Å²) < 4.78 is 16.2. The smallest absolute Gasteiger partial charge is 0.437 e. The van der Waals surface area contributed by atoms with E-state index in [1.807, 2.05) is 0 Å². The summed E-state index contributed by atoms with van der Waals surface area (Å²) in [4.78, 5) is 100. The molecule has 2 N–H and O–H groups in total. The second kappa shape index (κ2) is 16.8. The Kier molecular flexibility index (Phi) is 14.0. The molecule has 54 heavy (non-hydrogen) atoms. The number of aliphatic carboxylic acids is 1. The van der Waals surface area contributed by atoms with Crippen molar-refractivity contribution < 1.29 is 52.9 Å². The van der Waals surface area contributed by atoms with Gasteiger partial charge in [0.25, 0.3) is 11.8 Å². The number of aliphatic imine (C=N–C) groups is 1. The van der Waals surface area contributed by atoms with Crippen LogP contribution in [0.3, 0.4) is 0 Å². The van der Waals surface area contributed by atoms with E-state index < -0.39 is 95.4 Å². The third-order valence-electron chi connectivity index (χ3n) is 7.15. The Bertz CT molecular complexity index is 1610. The number of amides is 7. The highest BCUT2D eigenvalue weighted by molar-refractivity contribution is 6.21. The number of hydrogen-bond donors (Lipinski definition) is 2. The Morgan fingerprint density at radius 1 is 0.778 bits per heavy atom. The molecule has 0 aliphatic carbocycles. The molecule has 0 saturated heterocycles. The molecule has 0 saturated carbocycles. The maximum atomic E-state index is 14.6. The molecule has 0 radical (unpaired) electrons. The molecule has 1 aromatic carbocycles. The molecule has 0 aromatic heterocycles. The maximum Gasteiger partial charge on any atom is 0.437 e. The Morgan fingerprint density at radius 2 is 1.26 bits per heavy atom. The number of carboxylic acid groups (broad SMARTS) is 1. The lowest BCUT2D eigenvalue weighted by Crippen LogP contribution is -2.64. The van der Waals surface area contributed by atoms with Crippen molar-refractivity contribution in [3.05, 3.63) is 35.4 Å². The number of fused-ring (bicyclic) bond motifs is 1. The molecule has 1 aliphatic heterocycles. The number of carboxylic acids is 1. The van der Waals surface area contributed by atoms with Gasteiger partial charge in [-0.1, -0.05) is 26.0 Å². The van der Waals surface area contributed by atoms with Crippen LogP contribution >= 0.6 is 0 Å². The summed E-state index contributed by atoms with van der Waals surface area (Å²) in [5.41, 5.74) is -4.14. The van der Waals surface area contributed by atoms with E-state index in [1.165, 1.54) is 12.1 Å². The van der Waals surface area contributed by atoms with Gasteiger partial charge in [0.1, 0.15) is 22.8 Å². The number of guanidine groups is 1. The minimum Gasteiger partial charge on any atom is -0.480 e. The van der Waals surface area contributed by atoms with Crippen LogP contribution in [0.4, 0.5) is 19.2 Å². The van der Waals surface area contributed by atoms with E-state index >= 15 is 0 Å². The number of ether oxygens (including phenoxy) is 3. The number of hydrogen-bond acceptors (Lipinski definition) is 10. The van der Waals surface area contributed by atoms with Gasteiger partial charge in [0.05, 0.1) is 11.1 Å². The van der Waals surface area contributed by atoms with Crippen molar-refractivity contribution in [1.29, 1.82) is 0 Å². The van der Waals surface area contributed by atoms with E-state index in [2.05, 4.69) is 10.3 Å². The second-order valence-corrected chi connectivity index (χ2v) is 17.0. The number of alkyl carbamates (subject to hydrolysis) is 1. The number of carbonyl (C=O) groups excluding carboxylic acids is 6. The molecule has 1 atom stereocenters. The van der Waals surface area contributed by atoms with E-state index in [1.54, 1.807) is 109 Å². The molecule has 0 bridgehead atoms. The fourth-order valence-electron chi connectivity index (χ4n) is 5.22. The number of hydrazine groups is 1. The van der Waals surface area contributed by atoms with Gasteiger partial charge in [-0.15, -0.1) is 4.99 Å². The van der Waals surface area contributed by atoms with Gasteiger partial charge in [-0.3, -0.25) is 14.9 Å². The highest BCUT2D eigenvalue weighted by Crippen LogP contribution is 2.29. The molecule has 0 spiro atoms. The molecular formula is C37H56N6O11. The summed E-state index contributed by atoms with van der Waals surface area (Å²) in [5.74, 6) is -4.17. The SMILES string of the molecule is CC(C)C(C(=O)O)N(C(=O)N(CCCN(C(=O)OC(C)(C)C)/C(=N\C(=O)OC(C)(C)C)NC(=O)OC(C)(C)C)N1C(=O)c2ccccc2C1=O)C(C)(C)C. The predicted molar refractivity (Wildman–Crippen MR) is 197 cm³/mol. The van der Waals surface area contributed by atoms with Crippen molar-refractivity contribution in [2.75, 3.05) is 13.1 Å². The predicted octanol–water partition coefficient (Wildman–Crippen LogP) is 6.27. The van der Waals surface area contributed by atoms with Crippen LogP contribution < -0.4 is 5.32 Å². The lowest BCUT2D eigenvalue weighted by atomic mass is 9.96. The van der Waals surface area contributed by atoms with Gasteiger partial charge < -0.3 is 24.2 Å². The first kappa shape index (κ1) is 44.9. The molecule has 7 amide bonds. The van der Waals surface area contributed by atoms with Crippen LogP contribution in [-0.2, 0) is 19.0 Å². The van der Waals surface area contributed by atoms with Crippen LogP contribution in [0.15, 0.2) is 29.3 Å². The summed E-state index contributed by atoms with van der Waals surface area (Å²) in [6, 6.07) is 3.63. The number of urea groups is 1. The van der Waals surface area contributed by atoms with E-state index in [9.17, 15) is 38.7 Å². The number of rotatable bonds is 8. The summed E-state index contributed by atoms with van der Waals surface area (Å²) in [5, 5.41) is 14.1. The van der Waals surface area contributed by atoms with Gasteiger partial charge in [0.15, 0.2) is 0 Å². The van der Waals surface area contributed by atoms with Crippen molar-refractivity contribution in [2.45, 2.75) is 132 Å². The summed E-state index contributed by atoms with van der Waals surface area (Å²) in [6.07, 6.45) is -3.55.